The third kappa shape index (κ3) is 2.01. The predicted molar refractivity (Wildman–Crippen MR) is 75.8 cm³/mol. The summed E-state index contributed by atoms with van der Waals surface area (Å²) in [7, 11) is 3.30. The number of benzene rings is 1. The van der Waals surface area contributed by atoms with Crippen molar-refractivity contribution >= 4 is 5.69 Å². The number of hydrogen-bond donors (Lipinski definition) is 2. The fraction of sp³-hybridized carbons (Fsp3) is 0.357. The van der Waals surface area contributed by atoms with E-state index >= 15 is 0 Å². The van der Waals surface area contributed by atoms with Gasteiger partial charge in [-0.2, -0.15) is 5.10 Å². The lowest BCUT2D eigenvalue weighted by molar-refractivity contribution is 0.399. The quantitative estimate of drug-likeness (QED) is 0.890. The summed E-state index contributed by atoms with van der Waals surface area (Å²) in [6, 6.07) is 1.91. The van der Waals surface area contributed by atoms with Crippen LogP contribution in [0.5, 0.6) is 11.5 Å². The number of hydrogen-bond acceptors (Lipinski definition) is 4. The second kappa shape index (κ2) is 4.84. The highest BCUT2D eigenvalue weighted by atomic mass is 16.5. The van der Waals surface area contributed by atoms with Gasteiger partial charge in [0.15, 0.2) is 0 Å². The van der Waals surface area contributed by atoms with Crippen LogP contribution in [0.15, 0.2) is 6.07 Å². The van der Waals surface area contributed by atoms with E-state index in [1.165, 1.54) is 0 Å². The highest BCUT2D eigenvalue weighted by Gasteiger charge is 2.19. The molecule has 1 aromatic heterocycles. The first-order valence-electron chi connectivity index (χ1n) is 6.04. The smallest absolute Gasteiger partial charge is 0.131 e. The predicted octanol–water partition coefficient (Wildman–Crippen LogP) is 2.60. The number of nitrogens with one attached hydrogen (secondary N) is 1. The summed E-state index contributed by atoms with van der Waals surface area (Å²) in [5.41, 5.74) is 11.1. The Morgan fingerprint density at radius 1 is 1.11 bits per heavy atom. The Balaban J connectivity index is 2.75. The van der Waals surface area contributed by atoms with Gasteiger partial charge in [-0.3, -0.25) is 5.10 Å². The van der Waals surface area contributed by atoms with Crippen LogP contribution in [0.25, 0.3) is 11.3 Å². The number of anilines is 1. The SMILES string of the molecule is COc1cc(-c2n[nH]c(C)c2N)c(OC)c(C)c1C. The molecule has 19 heavy (non-hydrogen) atoms. The van der Waals surface area contributed by atoms with E-state index in [0.29, 0.717) is 11.4 Å². The van der Waals surface area contributed by atoms with Crippen molar-refractivity contribution in [2.24, 2.45) is 0 Å². The Bertz CT molecular complexity index is 618. The molecule has 102 valence electrons. The summed E-state index contributed by atoms with van der Waals surface area (Å²) >= 11 is 0. The normalized spacial score (nSPS) is 10.6. The third-order valence-electron chi connectivity index (χ3n) is 3.47. The minimum atomic E-state index is 0.628. The lowest BCUT2D eigenvalue weighted by atomic mass is 10.00. The van der Waals surface area contributed by atoms with Crippen LogP contribution in [0.4, 0.5) is 5.69 Å². The van der Waals surface area contributed by atoms with Gasteiger partial charge in [0.1, 0.15) is 17.2 Å². The van der Waals surface area contributed by atoms with Crippen LogP contribution >= 0.6 is 0 Å². The number of methoxy groups -OCH3 is 2. The van der Waals surface area contributed by atoms with Crippen LogP contribution in [0.3, 0.4) is 0 Å². The molecule has 0 aliphatic rings. The average molecular weight is 261 g/mol. The topological polar surface area (TPSA) is 73.2 Å². The number of aromatic amines is 1. The molecule has 0 spiro atoms. The van der Waals surface area contributed by atoms with Gasteiger partial charge in [-0.25, -0.2) is 0 Å². The van der Waals surface area contributed by atoms with E-state index in [1.807, 2.05) is 26.8 Å². The van der Waals surface area contributed by atoms with Gasteiger partial charge in [-0.05, 0) is 38.0 Å². The Hall–Kier alpha value is -2.17. The van der Waals surface area contributed by atoms with Gasteiger partial charge in [0.25, 0.3) is 0 Å². The van der Waals surface area contributed by atoms with Gasteiger partial charge < -0.3 is 15.2 Å². The van der Waals surface area contributed by atoms with Gasteiger partial charge in [0.2, 0.25) is 0 Å². The molecule has 1 heterocycles. The van der Waals surface area contributed by atoms with E-state index in [0.717, 1.165) is 33.9 Å². The zero-order valence-corrected chi connectivity index (χ0v) is 11.9. The average Bonchev–Trinajstić information content (AvgIpc) is 2.73. The van der Waals surface area contributed by atoms with Crippen LogP contribution < -0.4 is 15.2 Å². The summed E-state index contributed by atoms with van der Waals surface area (Å²) < 4.78 is 10.9. The summed E-state index contributed by atoms with van der Waals surface area (Å²) in [6.07, 6.45) is 0. The Morgan fingerprint density at radius 3 is 2.26 bits per heavy atom. The summed E-state index contributed by atoms with van der Waals surface area (Å²) in [4.78, 5) is 0. The van der Waals surface area contributed by atoms with Gasteiger partial charge in [0, 0.05) is 0 Å². The minimum Gasteiger partial charge on any atom is -0.496 e. The van der Waals surface area contributed by atoms with Crippen LogP contribution in [-0.4, -0.2) is 24.4 Å². The van der Waals surface area contributed by atoms with Gasteiger partial charge >= 0.3 is 0 Å². The summed E-state index contributed by atoms with van der Waals surface area (Å²) in [6.45, 7) is 5.88. The first kappa shape index (κ1) is 13.3. The summed E-state index contributed by atoms with van der Waals surface area (Å²) in [5, 5.41) is 7.14. The molecule has 0 unspecified atom stereocenters. The molecule has 3 N–H and O–H groups in total. The van der Waals surface area contributed by atoms with Crippen LogP contribution in [-0.2, 0) is 0 Å². The van der Waals surface area contributed by atoms with E-state index in [2.05, 4.69) is 10.2 Å². The summed E-state index contributed by atoms with van der Waals surface area (Å²) in [5.74, 6) is 1.57. The maximum Gasteiger partial charge on any atom is 0.131 e. The second-order valence-electron chi connectivity index (χ2n) is 4.52. The Morgan fingerprint density at radius 2 is 1.79 bits per heavy atom. The third-order valence-corrected chi connectivity index (χ3v) is 3.47. The molecular weight excluding hydrogens is 242 g/mol. The van der Waals surface area contributed by atoms with E-state index in [4.69, 9.17) is 15.2 Å². The molecule has 0 atom stereocenters. The fourth-order valence-corrected chi connectivity index (χ4v) is 2.16. The molecule has 5 heteroatoms. The molecule has 0 radical (unpaired) electrons. The number of aryl methyl sites for hydroxylation is 1. The van der Waals surface area contributed by atoms with Gasteiger partial charge in [0.05, 0.1) is 31.2 Å². The van der Waals surface area contributed by atoms with Crippen molar-refractivity contribution in [1.82, 2.24) is 10.2 Å². The largest absolute Gasteiger partial charge is 0.496 e. The maximum absolute atomic E-state index is 6.05. The first-order valence-corrected chi connectivity index (χ1v) is 6.04. The minimum absolute atomic E-state index is 0.628. The monoisotopic (exact) mass is 261 g/mol. The lowest BCUT2D eigenvalue weighted by Gasteiger charge is -2.16. The van der Waals surface area contributed by atoms with Crippen LogP contribution in [0, 0.1) is 20.8 Å². The standard InChI is InChI=1S/C14H19N3O2/c1-7-8(2)14(19-5)10(6-11(7)18-4)13-12(15)9(3)16-17-13/h6H,15H2,1-5H3,(H,16,17). The number of aromatic nitrogens is 2. The molecule has 5 nitrogen and oxygen atoms in total. The molecule has 0 bridgehead atoms. The van der Waals surface area contributed by atoms with Crippen molar-refractivity contribution < 1.29 is 9.47 Å². The molecule has 0 saturated carbocycles. The molecule has 2 rings (SSSR count). The Kier molecular flexibility index (Phi) is 3.38. The van der Waals surface area contributed by atoms with Crippen molar-refractivity contribution in [2.75, 3.05) is 20.0 Å². The van der Waals surface area contributed by atoms with Gasteiger partial charge in [-0.1, -0.05) is 0 Å². The van der Waals surface area contributed by atoms with Crippen molar-refractivity contribution in [3.8, 4) is 22.8 Å². The fourth-order valence-electron chi connectivity index (χ4n) is 2.16. The molecule has 0 amide bonds. The van der Waals surface area contributed by atoms with E-state index < -0.39 is 0 Å². The number of nitrogens with zero attached hydrogens (tertiary/aromatic N) is 1. The zero-order chi connectivity index (χ0) is 14.2. The van der Waals surface area contributed by atoms with Crippen molar-refractivity contribution in [3.63, 3.8) is 0 Å². The first-order chi connectivity index (χ1) is 9.01. The molecule has 0 aliphatic heterocycles. The number of ether oxygens (including phenoxy) is 2. The van der Waals surface area contributed by atoms with E-state index in [9.17, 15) is 0 Å². The number of rotatable bonds is 3. The Labute approximate surface area is 112 Å². The molecule has 0 saturated heterocycles. The molecular formula is C14H19N3O2. The maximum atomic E-state index is 6.05. The molecule has 0 aliphatic carbocycles. The van der Waals surface area contributed by atoms with Crippen molar-refractivity contribution in [3.05, 3.63) is 22.9 Å². The highest BCUT2D eigenvalue weighted by Crippen LogP contribution is 2.41. The number of nitrogens with two attached hydrogens (primary N) is 1. The number of H-pyrrole nitrogens is 1. The zero-order valence-electron chi connectivity index (χ0n) is 11.9. The van der Waals surface area contributed by atoms with E-state index in [-0.39, 0.29) is 0 Å². The van der Waals surface area contributed by atoms with Crippen LogP contribution in [0.1, 0.15) is 16.8 Å². The molecule has 1 aromatic carbocycles. The van der Waals surface area contributed by atoms with Crippen LogP contribution in [0.2, 0.25) is 0 Å². The van der Waals surface area contributed by atoms with Gasteiger partial charge in [-0.15, -0.1) is 0 Å². The lowest BCUT2D eigenvalue weighted by Crippen LogP contribution is -1.99. The molecule has 2 aromatic rings. The van der Waals surface area contributed by atoms with E-state index in [1.54, 1.807) is 14.2 Å². The second-order valence-corrected chi connectivity index (χ2v) is 4.52. The van der Waals surface area contributed by atoms with Crippen molar-refractivity contribution in [1.29, 1.82) is 0 Å². The highest BCUT2D eigenvalue weighted by molar-refractivity contribution is 5.81. The number of nitrogen functional groups attached to an aromatic ring is 1. The van der Waals surface area contributed by atoms with Crippen molar-refractivity contribution in [2.45, 2.75) is 20.8 Å². The molecule has 0 fully saturated rings.